The highest BCUT2D eigenvalue weighted by atomic mass is 35.5. The molecule has 5 rings (SSSR count). The second-order valence-corrected chi connectivity index (χ2v) is 22.8. The molecule has 3 fully saturated rings. The van der Waals surface area contributed by atoms with Crippen LogP contribution in [0.3, 0.4) is 0 Å². The lowest BCUT2D eigenvalue weighted by molar-refractivity contribution is -0.197. The molecule has 1 saturated heterocycles. The van der Waals surface area contributed by atoms with Gasteiger partial charge in [-0.15, -0.1) is 5.06 Å². The van der Waals surface area contributed by atoms with Crippen molar-refractivity contribution in [2.24, 2.45) is 5.41 Å². The minimum Gasteiger partial charge on any atom is -0.458 e. The van der Waals surface area contributed by atoms with E-state index in [4.69, 9.17) is 37.2 Å². The second-order valence-electron chi connectivity index (χ2n) is 20.4. The van der Waals surface area contributed by atoms with Gasteiger partial charge in [0.25, 0.3) is 27.8 Å². The van der Waals surface area contributed by atoms with Crippen molar-refractivity contribution in [2.45, 2.75) is 159 Å². The van der Waals surface area contributed by atoms with Gasteiger partial charge in [0.05, 0.1) is 39.5 Å². The number of esters is 1. The molecule has 3 atom stereocenters. The number of rotatable bonds is 22. The summed E-state index contributed by atoms with van der Waals surface area (Å²) in [6, 6.07) is 11.8. The van der Waals surface area contributed by atoms with Gasteiger partial charge in [0.15, 0.2) is 5.25 Å². The Hall–Kier alpha value is -5.15. The molecule has 22 heteroatoms. The molecule has 1 heterocycles. The van der Waals surface area contributed by atoms with Crippen molar-refractivity contribution >= 4 is 86.4 Å². The molecule has 3 aliphatic rings. The van der Waals surface area contributed by atoms with Crippen LogP contribution < -0.4 is 21.3 Å². The van der Waals surface area contributed by atoms with Gasteiger partial charge in [-0.1, -0.05) is 54.2 Å². The first-order chi connectivity index (χ1) is 32.5. The van der Waals surface area contributed by atoms with Crippen molar-refractivity contribution in [2.75, 3.05) is 18.5 Å². The molecule has 2 aromatic carbocycles. The van der Waals surface area contributed by atoms with E-state index < -0.39 is 97.4 Å². The topological polar surface area (TPSA) is 270 Å². The number of hydrogen-bond donors (Lipinski definition) is 5. The minimum absolute atomic E-state index is 0.0231. The number of carbonyl (C=O) groups excluding carboxylic acids is 8. The molecule has 0 aromatic heterocycles. The van der Waals surface area contributed by atoms with Crippen LogP contribution in [0, 0.1) is 5.41 Å². The largest absolute Gasteiger partial charge is 0.458 e. The standard InChI is InChI=1S/C48H63Cl2N5O14S/c1-44(2,3)68-43(63)48(28-31(48)29-13-15-30(16-14-29)52-40(60)39-32(49)11-10-12-33(39)50)54-42(62)47(20-8-9-21-47)23-25-51-35(56)19-22-46(6,7)67-26-24-45(4,5)53-36(57)17-18-38(59)69-55-37(58)27-34(41(55)61)70(64,65)66/h10-16,31,34H,8-9,17-28H2,1-7H3,(H,51,56)(H,52,60)(H,53,57)(H,54,62)(H,64,65,66)/t31-,34?,48-/m1/s1. The summed E-state index contributed by atoms with van der Waals surface area (Å²) in [6.45, 7) is 12.9. The smallest absolute Gasteiger partial charge is 0.333 e. The Bertz CT molecular complexity index is 2450. The van der Waals surface area contributed by atoms with E-state index in [2.05, 4.69) is 26.1 Å². The lowest BCUT2D eigenvalue weighted by Gasteiger charge is -2.32. The number of anilines is 1. The first-order valence-electron chi connectivity index (χ1n) is 23.1. The molecular formula is C48H63Cl2N5O14S. The van der Waals surface area contributed by atoms with Crippen molar-refractivity contribution in [1.82, 2.24) is 21.0 Å². The highest BCUT2D eigenvalue weighted by Crippen LogP contribution is 2.54. The summed E-state index contributed by atoms with van der Waals surface area (Å²) in [5.41, 5.74) is -3.09. The van der Waals surface area contributed by atoms with Crippen molar-refractivity contribution in [3.63, 3.8) is 0 Å². The number of nitrogens with zero attached hydrogens (tertiary/aromatic N) is 1. The quantitative estimate of drug-likeness (QED) is 0.0506. The normalized spacial score (nSPS) is 20.1. The van der Waals surface area contributed by atoms with E-state index in [1.807, 2.05) is 13.8 Å². The van der Waals surface area contributed by atoms with E-state index in [1.54, 1.807) is 77.1 Å². The molecule has 6 amide bonds. The van der Waals surface area contributed by atoms with Crippen LogP contribution in [0.25, 0.3) is 0 Å². The highest BCUT2D eigenvalue weighted by molar-refractivity contribution is 7.87. The summed E-state index contributed by atoms with van der Waals surface area (Å²) in [5, 5.41) is 9.99. The van der Waals surface area contributed by atoms with Gasteiger partial charge in [-0.25, -0.2) is 9.59 Å². The summed E-state index contributed by atoms with van der Waals surface area (Å²) in [4.78, 5) is 108. The van der Waals surface area contributed by atoms with E-state index in [1.165, 1.54) is 0 Å². The summed E-state index contributed by atoms with van der Waals surface area (Å²) in [5.74, 6) is -6.12. The fourth-order valence-electron chi connectivity index (χ4n) is 8.51. The Balaban J connectivity index is 1.07. The number of imide groups is 1. The molecule has 2 aromatic rings. The Labute approximate surface area is 417 Å². The minimum atomic E-state index is -4.88. The first kappa shape index (κ1) is 55.8. The number of ether oxygens (including phenoxy) is 2. The number of nitrogens with one attached hydrogen (secondary N) is 4. The third kappa shape index (κ3) is 14.7. The third-order valence-corrected chi connectivity index (χ3v) is 14.3. The molecule has 2 aliphatic carbocycles. The number of carbonyl (C=O) groups is 8. The molecule has 384 valence electrons. The van der Waals surface area contributed by atoms with Gasteiger partial charge in [0, 0.05) is 43.1 Å². The van der Waals surface area contributed by atoms with Gasteiger partial charge in [-0.05, 0) is 117 Å². The van der Waals surface area contributed by atoms with Crippen molar-refractivity contribution < 1.29 is 65.6 Å². The van der Waals surface area contributed by atoms with E-state index in [0.29, 0.717) is 44.2 Å². The molecule has 2 saturated carbocycles. The fourth-order valence-corrected chi connectivity index (χ4v) is 9.78. The third-order valence-electron chi connectivity index (χ3n) is 12.6. The van der Waals surface area contributed by atoms with E-state index >= 15 is 0 Å². The molecule has 1 unspecified atom stereocenters. The van der Waals surface area contributed by atoms with E-state index in [9.17, 15) is 46.8 Å². The van der Waals surface area contributed by atoms with Gasteiger partial charge >= 0.3 is 11.9 Å². The van der Waals surface area contributed by atoms with Gasteiger partial charge in [0.2, 0.25) is 17.7 Å². The Kier molecular flexibility index (Phi) is 17.6. The number of hydroxylamine groups is 2. The molecule has 19 nitrogen and oxygen atoms in total. The van der Waals surface area contributed by atoms with E-state index in [-0.39, 0.29) is 58.5 Å². The SMILES string of the molecule is CC(C)(CCOC(C)(C)CCC(=O)NCCC1(C(=O)N[C@]2(C(=O)OC(C)(C)C)C[C@@H]2c2ccc(NC(=O)c3c(Cl)cccc3Cl)cc2)CCCC1)NC(=O)CCC(=O)ON1C(=O)CC(S(=O)(=O)O)C1=O. The summed E-state index contributed by atoms with van der Waals surface area (Å²) >= 11 is 12.5. The number of benzene rings is 2. The van der Waals surface area contributed by atoms with Crippen LogP contribution in [0.15, 0.2) is 42.5 Å². The molecule has 70 heavy (non-hydrogen) atoms. The number of hydrogen-bond acceptors (Lipinski definition) is 13. The van der Waals surface area contributed by atoms with E-state index in [0.717, 1.165) is 18.4 Å². The summed E-state index contributed by atoms with van der Waals surface area (Å²) in [6.07, 6.45) is 2.52. The van der Waals surface area contributed by atoms with Crippen LogP contribution in [0.1, 0.15) is 147 Å². The fraction of sp³-hybridized carbons (Fsp3) is 0.583. The maximum atomic E-state index is 14.4. The van der Waals surface area contributed by atoms with Crippen LogP contribution in [0.2, 0.25) is 10.0 Å². The number of amides is 6. The molecule has 1 aliphatic heterocycles. The Morgan fingerprint density at radius 1 is 0.857 bits per heavy atom. The predicted octanol–water partition coefficient (Wildman–Crippen LogP) is 6.11. The van der Waals surface area contributed by atoms with Crippen LogP contribution in [-0.2, 0) is 58.0 Å². The van der Waals surface area contributed by atoms with Crippen LogP contribution in [0.4, 0.5) is 5.69 Å². The van der Waals surface area contributed by atoms with Crippen molar-refractivity contribution in [1.29, 1.82) is 0 Å². The maximum Gasteiger partial charge on any atom is 0.333 e. The van der Waals surface area contributed by atoms with Gasteiger partial charge in [0.1, 0.15) is 11.1 Å². The number of halogens is 2. The van der Waals surface area contributed by atoms with Gasteiger partial charge in [-0.3, -0.25) is 33.3 Å². The van der Waals surface area contributed by atoms with Crippen LogP contribution >= 0.6 is 23.2 Å². The Morgan fingerprint density at radius 2 is 1.49 bits per heavy atom. The average molecular weight is 1040 g/mol. The first-order valence-corrected chi connectivity index (χ1v) is 25.4. The summed E-state index contributed by atoms with van der Waals surface area (Å²) < 4.78 is 43.7. The average Bonchev–Trinajstić information content (AvgIpc) is 3.62. The van der Waals surface area contributed by atoms with Gasteiger partial charge < -0.3 is 35.6 Å². The zero-order valence-corrected chi connectivity index (χ0v) is 42.8. The molecular weight excluding hydrogens is 974 g/mol. The molecule has 0 radical (unpaired) electrons. The molecule has 5 N–H and O–H groups in total. The zero-order valence-electron chi connectivity index (χ0n) is 40.5. The predicted molar refractivity (Wildman–Crippen MR) is 257 cm³/mol. The molecule has 0 bridgehead atoms. The molecule has 0 spiro atoms. The Morgan fingerprint density at radius 3 is 2.07 bits per heavy atom. The lowest BCUT2D eigenvalue weighted by atomic mass is 9.81. The maximum absolute atomic E-state index is 14.4. The van der Waals surface area contributed by atoms with Crippen LogP contribution in [-0.4, -0.2) is 106 Å². The van der Waals surface area contributed by atoms with Crippen molar-refractivity contribution in [3.8, 4) is 0 Å². The lowest BCUT2D eigenvalue weighted by Crippen LogP contribution is -2.52. The second kappa shape index (κ2) is 22.1. The van der Waals surface area contributed by atoms with Crippen molar-refractivity contribution in [3.05, 3.63) is 63.6 Å². The van der Waals surface area contributed by atoms with Crippen LogP contribution in [0.5, 0.6) is 0 Å². The monoisotopic (exact) mass is 1040 g/mol. The zero-order chi connectivity index (χ0) is 52.0. The summed E-state index contributed by atoms with van der Waals surface area (Å²) in [7, 11) is -4.88. The van der Waals surface area contributed by atoms with Gasteiger partial charge in [-0.2, -0.15) is 8.42 Å². The highest BCUT2D eigenvalue weighted by Gasteiger charge is 2.65.